The first kappa shape index (κ1) is 20.3. The van der Waals surface area contributed by atoms with Crippen LogP contribution in [0.2, 0.25) is 0 Å². The van der Waals surface area contributed by atoms with Gasteiger partial charge >= 0.3 is 0 Å². The largest absolute Gasteiger partial charge is 0.509 e. The summed E-state index contributed by atoms with van der Waals surface area (Å²) < 4.78 is 5.28. The minimum absolute atomic E-state index is 0.0652. The van der Waals surface area contributed by atoms with Gasteiger partial charge in [-0.05, 0) is 43.1 Å². The predicted octanol–water partition coefficient (Wildman–Crippen LogP) is 4.19. The summed E-state index contributed by atoms with van der Waals surface area (Å²) in [7, 11) is 1.56. The number of Topliss-reactive ketones (excluding diaryl/α,β-unsaturated/α-hetero) is 1. The Morgan fingerprint density at radius 1 is 1.22 bits per heavy atom. The molecule has 2 aromatic rings. The molecule has 0 aliphatic rings. The number of nitrogens with two attached hydrogens (primary N) is 1. The number of aryl methyl sites for hydroxylation is 1. The van der Waals surface area contributed by atoms with E-state index in [2.05, 4.69) is 10.2 Å². The lowest BCUT2D eigenvalue weighted by Gasteiger charge is -2.09. The van der Waals surface area contributed by atoms with Crippen molar-refractivity contribution in [3.05, 3.63) is 70.6 Å². The fourth-order valence-corrected chi connectivity index (χ4v) is 2.63. The second-order valence-electron chi connectivity index (χ2n) is 6.20. The molecule has 0 spiro atoms. The number of methoxy groups -OCH3 is 1. The van der Waals surface area contributed by atoms with E-state index in [0.29, 0.717) is 18.0 Å². The van der Waals surface area contributed by atoms with Crippen LogP contribution in [0.3, 0.4) is 0 Å². The van der Waals surface area contributed by atoms with Gasteiger partial charge in [0.2, 0.25) is 0 Å². The number of rotatable bonds is 8. The normalized spacial score (nSPS) is 12.1. The standard InChI is InChI=1S/C21H25N3O3/c1-14-8-9-16(10-11-22)12-18(14)23-24-21(15(2)25)19(26)13-17-6-4-5-7-20(17)27-3/h4-9,12,26H,10-11,13,22H2,1-3H3/b21-19+,24-23?. The number of aliphatic hydroxyl groups is 1. The molecule has 0 unspecified atom stereocenters. The third kappa shape index (κ3) is 5.49. The molecule has 0 fully saturated rings. The zero-order valence-electron chi connectivity index (χ0n) is 15.9. The summed E-state index contributed by atoms with van der Waals surface area (Å²) in [5.74, 6) is 0.127. The van der Waals surface area contributed by atoms with E-state index in [0.717, 1.165) is 23.1 Å². The summed E-state index contributed by atoms with van der Waals surface area (Å²) in [6.07, 6.45) is 0.862. The Kier molecular flexibility index (Phi) is 7.25. The summed E-state index contributed by atoms with van der Waals surface area (Å²) in [6.45, 7) is 3.80. The second kappa shape index (κ2) is 9.64. The fourth-order valence-electron chi connectivity index (χ4n) is 2.63. The highest BCUT2D eigenvalue weighted by molar-refractivity contribution is 5.93. The Morgan fingerprint density at radius 2 is 1.96 bits per heavy atom. The van der Waals surface area contributed by atoms with E-state index >= 15 is 0 Å². The maximum Gasteiger partial charge on any atom is 0.183 e. The molecule has 0 radical (unpaired) electrons. The van der Waals surface area contributed by atoms with Crippen LogP contribution in [0.4, 0.5) is 5.69 Å². The summed E-state index contributed by atoms with van der Waals surface area (Å²) in [5, 5.41) is 18.7. The van der Waals surface area contributed by atoms with E-state index in [1.807, 2.05) is 43.3 Å². The van der Waals surface area contributed by atoms with E-state index in [1.54, 1.807) is 13.2 Å². The van der Waals surface area contributed by atoms with Crippen LogP contribution in [0.25, 0.3) is 0 Å². The summed E-state index contributed by atoms with van der Waals surface area (Å²) in [6, 6.07) is 13.1. The van der Waals surface area contributed by atoms with E-state index in [-0.39, 0.29) is 23.7 Å². The van der Waals surface area contributed by atoms with Gasteiger partial charge < -0.3 is 15.6 Å². The van der Waals surface area contributed by atoms with Gasteiger partial charge in [-0.1, -0.05) is 30.3 Å². The van der Waals surface area contributed by atoms with Gasteiger partial charge in [0.1, 0.15) is 11.5 Å². The van der Waals surface area contributed by atoms with Crippen LogP contribution in [0, 0.1) is 6.92 Å². The monoisotopic (exact) mass is 367 g/mol. The third-order valence-electron chi connectivity index (χ3n) is 4.12. The van der Waals surface area contributed by atoms with Gasteiger partial charge in [-0.15, -0.1) is 5.11 Å². The number of carbonyl (C=O) groups is 1. The Bertz CT molecular complexity index is 873. The molecule has 0 saturated heterocycles. The summed E-state index contributed by atoms with van der Waals surface area (Å²) in [4.78, 5) is 12.0. The first-order chi connectivity index (χ1) is 13.0. The zero-order chi connectivity index (χ0) is 19.8. The van der Waals surface area contributed by atoms with Crippen LogP contribution in [-0.2, 0) is 17.6 Å². The lowest BCUT2D eigenvalue weighted by molar-refractivity contribution is -0.113. The fraction of sp³-hybridized carbons (Fsp3) is 0.286. The molecular formula is C21H25N3O3. The summed E-state index contributed by atoms with van der Waals surface area (Å²) >= 11 is 0. The number of allylic oxidation sites excluding steroid dienone is 2. The molecule has 0 bridgehead atoms. The highest BCUT2D eigenvalue weighted by Crippen LogP contribution is 2.24. The topological polar surface area (TPSA) is 97.3 Å². The number of nitrogens with zero attached hydrogens (tertiary/aromatic N) is 2. The molecule has 0 aromatic heterocycles. The highest BCUT2D eigenvalue weighted by Gasteiger charge is 2.14. The number of hydrogen-bond donors (Lipinski definition) is 2. The lowest BCUT2D eigenvalue weighted by Crippen LogP contribution is -2.03. The molecule has 2 aromatic carbocycles. The molecule has 2 rings (SSSR count). The molecule has 27 heavy (non-hydrogen) atoms. The minimum atomic E-state index is -0.359. The SMILES string of the molecule is COc1ccccc1C/C(O)=C(\N=Nc1cc(CCN)ccc1C)C(C)=O. The van der Waals surface area contributed by atoms with Gasteiger partial charge in [-0.2, -0.15) is 5.11 Å². The van der Waals surface area contributed by atoms with Gasteiger partial charge in [0, 0.05) is 18.9 Å². The number of benzene rings is 2. The van der Waals surface area contributed by atoms with E-state index in [1.165, 1.54) is 6.92 Å². The van der Waals surface area contributed by atoms with Gasteiger partial charge in [-0.3, -0.25) is 4.79 Å². The predicted molar refractivity (Wildman–Crippen MR) is 105 cm³/mol. The Labute approximate surface area is 159 Å². The average molecular weight is 367 g/mol. The van der Waals surface area contributed by atoms with Gasteiger partial charge in [0.15, 0.2) is 11.5 Å². The third-order valence-corrected chi connectivity index (χ3v) is 4.12. The number of aliphatic hydroxyl groups excluding tert-OH is 1. The van der Waals surface area contributed by atoms with Crippen LogP contribution in [0.15, 0.2) is 64.1 Å². The van der Waals surface area contributed by atoms with Crippen molar-refractivity contribution in [1.29, 1.82) is 0 Å². The molecule has 0 atom stereocenters. The van der Waals surface area contributed by atoms with Gasteiger partial charge in [0.05, 0.1) is 12.8 Å². The van der Waals surface area contributed by atoms with Crippen molar-refractivity contribution in [2.24, 2.45) is 16.0 Å². The molecular weight excluding hydrogens is 342 g/mol. The quantitative estimate of drug-likeness (QED) is 0.415. The molecule has 6 heteroatoms. The van der Waals surface area contributed by atoms with Crippen molar-refractivity contribution in [2.45, 2.75) is 26.7 Å². The van der Waals surface area contributed by atoms with Crippen molar-refractivity contribution >= 4 is 11.5 Å². The zero-order valence-corrected chi connectivity index (χ0v) is 15.9. The van der Waals surface area contributed by atoms with Crippen molar-refractivity contribution in [1.82, 2.24) is 0 Å². The molecule has 6 nitrogen and oxygen atoms in total. The van der Waals surface area contributed by atoms with E-state index in [4.69, 9.17) is 10.5 Å². The molecule has 0 heterocycles. The number of azo groups is 1. The number of carbonyl (C=O) groups excluding carboxylic acids is 1. The number of ether oxygens (including phenoxy) is 1. The van der Waals surface area contributed by atoms with Crippen molar-refractivity contribution < 1.29 is 14.6 Å². The van der Waals surface area contributed by atoms with Crippen molar-refractivity contribution in [3.63, 3.8) is 0 Å². The maximum atomic E-state index is 12.0. The minimum Gasteiger partial charge on any atom is -0.509 e. The van der Waals surface area contributed by atoms with Crippen molar-refractivity contribution in [3.8, 4) is 5.75 Å². The van der Waals surface area contributed by atoms with Gasteiger partial charge in [0.25, 0.3) is 0 Å². The first-order valence-corrected chi connectivity index (χ1v) is 8.72. The van der Waals surface area contributed by atoms with E-state index in [9.17, 15) is 9.90 Å². The van der Waals surface area contributed by atoms with Crippen LogP contribution in [-0.4, -0.2) is 24.5 Å². The lowest BCUT2D eigenvalue weighted by atomic mass is 10.1. The number of hydrogen-bond acceptors (Lipinski definition) is 6. The van der Waals surface area contributed by atoms with Gasteiger partial charge in [-0.25, -0.2) is 0 Å². The molecule has 0 amide bonds. The Morgan fingerprint density at radius 3 is 2.63 bits per heavy atom. The molecule has 142 valence electrons. The smallest absolute Gasteiger partial charge is 0.183 e. The highest BCUT2D eigenvalue weighted by atomic mass is 16.5. The maximum absolute atomic E-state index is 12.0. The number of ketones is 1. The Balaban J connectivity index is 2.34. The van der Waals surface area contributed by atoms with Crippen LogP contribution >= 0.6 is 0 Å². The van der Waals surface area contributed by atoms with E-state index < -0.39 is 0 Å². The second-order valence-corrected chi connectivity index (χ2v) is 6.20. The van der Waals surface area contributed by atoms with Crippen LogP contribution in [0.1, 0.15) is 23.6 Å². The molecule has 3 N–H and O–H groups in total. The Hall–Kier alpha value is -2.99. The van der Waals surface area contributed by atoms with Crippen LogP contribution < -0.4 is 10.5 Å². The summed E-state index contributed by atoms with van der Waals surface area (Å²) in [5.41, 5.74) is 8.90. The van der Waals surface area contributed by atoms with Crippen molar-refractivity contribution in [2.75, 3.05) is 13.7 Å². The molecule has 0 aliphatic carbocycles. The number of para-hydroxylation sites is 1. The molecule has 0 aliphatic heterocycles. The van der Waals surface area contributed by atoms with Crippen LogP contribution in [0.5, 0.6) is 5.75 Å². The first-order valence-electron chi connectivity index (χ1n) is 8.72. The average Bonchev–Trinajstić information content (AvgIpc) is 2.64. The molecule has 0 saturated carbocycles.